The fourth-order valence-electron chi connectivity index (χ4n) is 1.77. The number of nitrogens with one attached hydrogen (secondary N) is 1. The summed E-state index contributed by atoms with van der Waals surface area (Å²) < 4.78 is 1.71. The van der Waals surface area contributed by atoms with E-state index in [0.29, 0.717) is 17.5 Å². The number of benzene rings is 1. The highest BCUT2D eigenvalue weighted by molar-refractivity contribution is 5.80. The lowest BCUT2D eigenvalue weighted by atomic mass is 10.1. The van der Waals surface area contributed by atoms with Crippen molar-refractivity contribution in [2.75, 3.05) is 0 Å². The molecule has 0 bridgehead atoms. The van der Waals surface area contributed by atoms with E-state index in [9.17, 15) is 9.59 Å². The van der Waals surface area contributed by atoms with Gasteiger partial charge in [0.1, 0.15) is 0 Å². The van der Waals surface area contributed by atoms with Gasteiger partial charge in [-0.2, -0.15) is 0 Å². The van der Waals surface area contributed by atoms with Gasteiger partial charge in [-0.25, -0.2) is 0 Å². The molecule has 5 nitrogen and oxygen atoms in total. The first-order chi connectivity index (χ1) is 7.61. The van der Waals surface area contributed by atoms with Gasteiger partial charge in [-0.3, -0.25) is 19.4 Å². The molecule has 5 heteroatoms. The number of hydrogen-bond acceptors (Lipinski definition) is 2. The van der Waals surface area contributed by atoms with Crippen LogP contribution in [0.4, 0.5) is 0 Å². The van der Waals surface area contributed by atoms with Crippen LogP contribution in [-0.4, -0.2) is 20.9 Å². The average Bonchev–Trinajstić information content (AvgIpc) is 2.54. The maximum absolute atomic E-state index is 11.5. The molecular formula is C11H12N2O3. The van der Waals surface area contributed by atoms with Gasteiger partial charge in [0.2, 0.25) is 0 Å². The summed E-state index contributed by atoms with van der Waals surface area (Å²) in [6.07, 6.45) is -0.0287. The highest BCUT2D eigenvalue weighted by Crippen LogP contribution is 2.13. The molecule has 0 amide bonds. The summed E-state index contributed by atoms with van der Waals surface area (Å²) in [6, 6.07) is 5.08. The number of rotatable bonds is 3. The number of aromatic nitrogens is 2. The van der Waals surface area contributed by atoms with Crippen LogP contribution in [-0.2, 0) is 17.8 Å². The van der Waals surface area contributed by atoms with E-state index < -0.39 is 5.97 Å². The van der Waals surface area contributed by atoms with Crippen molar-refractivity contribution >= 4 is 16.9 Å². The van der Waals surface area contributed by atoms with Crippen LogP contribution < -0.4 is 5.56 Å². The largest absolute Gasteiger partial charge is 0.481 e. The van der Waals surface area contributed by atoms with E-state index in [1.54, 1.807) is 22.9 Å². The normalized spacial score (nSPS) is 10.8. The minimum atomic E-state index is -0.875. The molecule has 0 radical (unpaired) electrons. The van der Waals surface area contributed by atoms with E-state index in [1.807, 2.05) is 6.92 Å². The maximum Gasteiger partial charge on any atom is 0.307 e. The first-order valence-corrected chi connectivity index (χ1v) is 5.05. The zero-order chi connectivity index (χ0) is 11.7. The SMILES string of the molecule is CCn1[nH]c(=O)c2ccc(CC(=O)O)cc21. The molecule has 1 aromatic heterocycles. The van der Waals surface area contributed by atoms with Crippen LogP contribution in [0, 0.1) is 0 Å². The van der Waals surface area contributed by atoms with Gasteiger partial charge < -0.3 is 5.11 Å². The third kappa shape index (κ3) is 1.71. The van der Waals surface area contributed by atoms with Gasteiger partial charge >= 0.3 is 5.97 Å². The Labute approximate surface area is 91.3 Å². The first-order valence-electron chi connectivity index (χ1n) is 5.05. The van der Waals surface area contributed by atoms with Crippen LogP contribution in [0.25, 0.3) is 10.9 Å². The van der Waals surface area contributed by atoms with Gasteiger partial charge in [0.25, 0.3) is 5.56 Å². The number of carboxylic acid groups (broad SMARTS) is 1. The van der Waals surface area contributed by atoms with E-state index in [2.05, 4.69) is 5.10 Å². The van der Waals surface area contributed by atoms with Crippen LogP contribution in [0.5, 0.6) is 0 Å². The van der Waals surface area contributed by atoms with E-state index in [4.69, 9.17) is 5.11 Å². The zero-order valence-electron chi connectivity index (χ0n) is 8.86. The number of hydrogen-bond donors (Lipinski definition) is 2. The Hall–Kier alpha value is -2.04. The van der Waals surface area contributed by atoms with Crippen molar-refractivity contribution in [3.63, 3.8) is 0 Å². The highest BCUT2D eigenvalue weighted by atomic mass is 16.4. The lowest BCUT2D eigenvalue weighted by Gasteiger charge is -2.01. The molecule has 0 spiro atoms. The second-order valence-corrected chi connectivity index (χ2v) is 3.61. The number of aryl methyl sites for hydroxylation is 1. The number of H-pyrrole nitrogens is 1. The Morgan fingerprint density at radius 1 is 1.50 bits per heavy atom. The van der Waals surface area contributed by atoms with Crippen LogP contribution in [0.3, 0.4) is 0 Å². The lowest BCUT2D eigenvalue weighted by molar-refractivity contribution is -0.136. The highest BCUT2D eigenvalue weighted by Gasteiger charge is 2.07. The zero-order valence-corrected chi connectivity index (χ0v) is 8.86. The molecule has 2 aromatic rings. The molecule has 0 aliphatic heterocycles. The maximum atomic E-state index is 11.5. The van der Waals surface area contributed by atoms with Crippen molar-refractivity contribution in [1.82, 2.24) is 9.78 Å². The Balaban J connectivity index is 2.59. The first kappa shape index (κ1) is 10.5. The van der Waals surface area contributed by atoms with Crippen molar-refractivity contribution in [1.29, 1.82) is 0 Å². The molecule has 2 rings (SSSR count). The predicted octanol–water partition coefficient (Wildman–Crippen LogP) is 0.977. The van der Waals surface area contributed by atoms with Crippen LogP contribution in [0.1, 0.15) is 12.5 Å². The van der Waals surface area contributed by atoms with Gasteiger partial charge in [0.05, 0.1) is 17.3 Å². The molecule has 2 N–H and O–H groups in total. The molecule has 84 valence electrons. The molecule has 0 aliphatic rings. The molecule has 0 saturated heterocycles. The number of carboxylic acids is 1. The van der Waals surface area contributed by atoms with Crippen molar-refractivity contribution in [3.8, 4) is 0 Å². The van der Waals surface area contributed by atoms with Gasteiger partial charge in [-0.15, -0.1) is 0 Å². The molecule has 0 saturated carbocycles. The second kappa shape index (κ2) is 3.84. The summed E-state index contributed by atoms with van der Waals surface area (Å²) in [5, 5.41) is 12.0. The Morgan fingerprint density at radius 2 is 2.25 bits per heavy atom. The predicted molar refractivity (Wildman–Crippen MR) is 59.6 cm³/mol. The fraction of sp³-hybridized carbons (Fsp3) is 0.273. The summed E-state index contributed by atoms with van der Waals surface area (Å²) in [5.41, 5.74) is 1.31. The van der Waals surface area contributed by atoms with Crippen molar-refractivity contribution in [2.24, 2.45) is 0 Å². The molecule has 0 fully saturated rings. The van der Waals surface area contributed by atoms with Crippen LogP contribution in [0.2, 0.25) is 0 Å². The van der Waals surface area contributed by atoms with E-state index >= 15 is 0 Å². The molecule has 0 atom stereocenters. The van der Waals surface area contributed by atoms with E-state index in [-0.39, 0.29) is 12.0 Å². The Bertz CT molecular complexity index is 595. The van der Waals surface area contributed by atoms with E-state index in [0.717, 1.165) is 5.52 Å². The van der Waals surface area contributed by atoms with Crippen LogP contribution in [0.15, 0.2) is 23.0 Å². The van der Waals surface area contributed by atoms with Crippen molar-refractivity contribution in [2.45, 2.75) is 19.9 Å². The minimum Gasteiger partial charge on any atom is -0.481 e. The molecule has 16 heavy (non-hydrogen) atoms. The molecule has 0 aliphatic carbocycles. The molecule has 0 unspecified atom stereocenters. The monoisotopic (exact) mass is 220 g/mol. The standard InChI is InChI=1S/C11H12N2O3/c1-2-13-9-5-7(6-10(14)15)3-4-8(9)11(16)12-13/h3-5H,2,6H2,1H3,(H,12,16)(H,14,15). The third-order valence-corrected chi connectivity index (χ3v) is 2.51. The number of fused-ring (bicyclic) bond motifs is 1. The smallest absolute Gasteiger partial charge is 0.307 e. The van der Waals surface area contributed by atoms with Gasteiger partial charge in [-0.05, 0) is 24.6 Å². The number of nitrogens with zero attached hydrogens (tertiary/aromatic N) is 1. The number of aromatic amines is 1. The fourth-order valence-corrected chi connectivity index (χ4v) is 1.77. The summed E-state index contributed by atoms with van der Waals surface area (Å²) >= 11 is 0. The quantitative estimate of drug-likeness (QED) is 0.809. The molecular weight excluding hydrogens is 208 g/mol. The average molecular weight is 220 g/mol. The van der Waals surface area contributed by atoms with Gasteiger partial charge in [-0.1, -0.05) is 6.07 Å². The molecule has 1 aromatic carbocycles. The second-order valence-electron chi connectivity index (χ2n) is 3.61. The topological polar surface area (TPSA) is 75.1 Å². The lowest BCUT2D eigenvalue weighted by Crippen LogP contribution is -2.03. The number of aliphatic carboxylic acids is 1. The minimum absolute atomic E-state index is 0.0287. The molecule has 1 heterocycles. The van der Waals surface area contributed by atoms with Crippen molar-refractivity contribution < 1.29 is 9.90 Å². The summed E-state index contributed by atoms with van der Waals surface area (Å²) in [7, 11) is 0. The van der Waals surface area contributed by atoms with Crippen LogP contribution >= 0.6 is 0 Å². The Kier molecular flexibility index (Phi) is 2.52. The van der Waals surface area contributed by atoms with Gasteiger partial charge in [0.15, 0.2) is 0 Å². The summed E-state index contributed by atoms with van der Waals surface area (Å²) in [4.78, 5) is 22.1. The number of carbonyl (C=O) groups is 1. The van der Waals surface area contributed by atoms with E-state index in [1.165, 1.54) is 0 Å². The third-order valence-electron chi connectivity index (χ3n) is 2.51. The van der Waals surface area contributed by atoms with Crippen molar-refractivity contribution in [3.05, 3.63) is 34.1 Å². The summed E-state index contributed by atoms with van der Waals surface area (Å²) in [6.45, 7) is 2.56. The summed E-state index contributed by atoms with van der Waals surface area (Å²) in [5.74, 6) is -0.875. The Morgan fingerprint density at radius 3 is 2.88 bits per heavy atom. The van der Waals surface area contributed by atoms with Gasteiger partial charge in [0, 0.05) is 6.54 Å².